The minimum atomic E-state index is -3.54. The van der Waals surface area contributed by atoms with E-state index in [0.717, 1.165) is 38.5 Å². The summed E-state index contributed by atoms with van der Waals surface area (Å²) in [5.41, 5.74) is 0.0750. The van der Waals surface area contributed by atoms with E-state index >= 15 is 0 Å². The van der Waals surface area contributed by atoms with E-state index in [2.05, 4.69) is 12.2 Å². The van der Waals surface area contributed by atoms with Crippen LogP contribution in [0, 0.1) is 0 Å². The molecule has 1 N–H and O–H groups in total. The summed E-state index contributed by atoms with van der Waals surface area (Å²) >= 11 is 0. The molecule has 1 aromatic carbocycles. The van der Waals surface area contributed by atoms with Gasteiger partial charge in [-0.3, -0.25) is 4.79 Å². The molecule has 1 amide bonds. The van der Waals surface area contributed by atoms with Gasteiger partial charge in [-0.1, -0.05) is 32.3 Å². The van der Waals surface area contributed by atoms with Crippen LogP contribution in [0.3, 0.4) is 0 Å². The molecular formula is C19H30N2O3S. The van der Waals surface area contributed by atoms with E-state index in [1.807, 2.05) is 13.8 Å². The maximum atomic E-state index is 12.9. The molecule has 1 heterocycles. The lowest BCUT2D eigenvalue weighted by Gasteiger charge is -2.26. The molecule has 1 aromatic rings. The fourth-order valence-electron chi connectivity index (χ4n) is 3.30. The smallest absolute Gasteiger partial charge is 0.251 e. The predicted molar refractivity (Wildman–Crippen MR) is 100 cm³/mol. The average Bonchev–Trinajstić information content (AvgIpc) is 2.84. The lowest BCUT2D eigenvalue weighted by Crippen LogP contribution is -2.43. The van der Waals surface area contributed by atoms with E-state index in [1.54, 1.807) is 22.5 Å². The first-order chi connectivity index (χ1) is 11.8. The normalized spacial score (nSPS) is 17.1. The van der Waals surface area contributed by atoms with E-state index in [9.17, 15) is 13.2 Å². The summed E-state index contributed by atoms with van der Waals surface area (Å²) in [5, 5.41) is 2.99. The summed E-state index contributed by atoms with van der Waals surface area (Å²) in [6, 6.07) is 6.39. The maximum Gasteiger partial charge on any atom is 0.251 e. The van der Waals surface area contributed by atoms with Gasteiger partial charge >= 0.3 is 0 Å². The molecular weight excluding hydrogens is 336 g/mol. The zero-order chi connectivity index (χ0) is 18.5. The van der Waals surface area contributed by atoms with Gasteiger partial charge in [-0.2, -0.15) is 4.31 Å². The summed E-state index contributed by atoms with van der Waals surface area (Å²) in [5.74, 6) is -0.230. The number of amides is 1. The van der Waals surface area contributed by atoms with Crippen molar-refractivity contribution in [1.82, 2.24) is 9.62 Å². The first-order valence-corrected chi connectivity index (χ1v) is 10.6. The van der Waals surface area contributed by atoms with E-state index < -0.39 is 10.0 Å². The van der Waals surface area contributed by atoms with Gasteiger partial charge in [0.05, 0.1) is 4.90 Å². The molecule has 1 saturated heterocycles. The van der Waals surface area contributed by atoms with Crippen LogP contribution >= 0.6 is 0 Å². The first-order valence-electron chi connectivity index (χ1n) is 9.19. The molecule has 1 aliphatic heterocycles. The number of hydrogen-bond acceptors (Lipinski definition) is 3. The van der Waals surface area contributed by atoms with Crippen LogP contribution in [0.15, 0.2) is 29.2 Å². The van der Waals surface area contributed by atoms with Gasteiger partial charge in [0.25, 0.3) is 5.91 Å². The van der Waals surface area contributed by atoms with Crippen LogP contribution in [0.5, 0.6) is 0 Å². The van der Waals surface area contributed by atoms with Crippen LogP contribution < -0.4 is 5.32 Å². The monoisotopic (exact) mass is 366 g/mol. The highest BCUT2D eigenvalue weighted by Gasteiger charge is 2.26. The molecule has 0 unspecified atom stereocenters. The molecule has 5 nitrogen and oxygen atoms in total. The Balaban J connectivity index is 2.21. The highest BCUT2D eigenvalue weighted by Crippen LogP contribution is 2.21. The number of nitrogens with zero attached hydrogens (tertiary/aromatic N) is 1. The third-order valence-corrected chi connectivity index (χ3v) is 6.52. The average molecular weight is 367 g/mol. The molecule has 0 spiro atoms. The minimum absolute atomic E-state index is 0.204. The Bertz CT molecular complexity index is 690. The van der Waals surface area contributed by atoms with Crippen molar-refractivity contribution in [3.05, 3.63) is 29.8 Å². The molecule has 140 valence electrons. The lowest BCUT2D eigenvalue weighted by atomic mass is 9.98. The molecule has 0 aliphatic carbocycles. The second-order valence-corrected chi connectivity index (χ2v) is 9.37. The Hall–Kier alpha value is -1.40. The molecule has 0 atom stereocenters. The molecule has 1 aliphatic rings. The number of benzene rings is 1. The Morgan fingerprint density at radius 3 is 2.40 bits per heavy atom. The molecule has 0 saturated carbocycles. The molecule has 6 heteroatoms. The summed E-state index contributed by atoms with van der Waals surface area (Å²) in [7, 11) is -3.54. The number of nitrogens with one attached hydrogen (secondary N) is 1. The van der Waals surface area contributed by atoms with Gasteiger partial charge in [-0.05, 0) is 51.3 Å². The van der Waals surface area contributed by atoms with Gasteiger partial charge in [0, 0.05) is 24.2 Å². The number of rotatable bonds is 6. The van der Waals surface area contributed by atoms with Crippen molar-refractivity contribution in [2.24, 2.45) is 0 Å². The van der Waals surface area contributed by atoms with Crippen LogP contribution in [-0.2, 0) is 10.0 Å². The molecule has 25 heavy (non-hydrogen) atoms. The Labute approximate surface area is 151 Å². The predicted octanol–water partition coefficient (Wildman–Crippen LogP) is 3.56. The highest BCUT2D eigenvalue weighted by atomic mass is 32.2. The van der Waals surface area contributed by atoms with Gasteiger partial charge in [-0.15, -0.1) is 0 Å². The largest absolute Gasteiger partial charge is 0.347 e. The zero-order valence-electron chi connectivity index (χ0n) is 15.5. The maximum absolute atomic E-state index is 12.9. The summed E-state index contributed by atoms with van der Waals surface area (Å²) in [6.07, 6.45) is 5.76. The van der Waals surface area contributed by atoms with Crippen molar-refractivity contribution in [2.75, 3.05) is 13.1 Å². The lowest BCUT2D eigenvalue weighted by molar-refractivity contribution is 0.0909. The van der Waals surface area contributed by atoms with Crippen molar-refractivity contribution in [1.29, 1.82) is 0 Å². The molecule has 2 rings (SSSR count). The van der Waals surface area contributed by atoms with Gasteiger partial charge in [0.2, 0.25) is 10.0 Å². The van der Waals surface area contributed by atoms with Crippen molar-refractivity contribution in [3.8, 4) is 0 Å². The van der Waals surface area contributed by atoms with Crippen molar-refractivity contribution >= 4 is 15.9 Å². The highest BCUT2D eigenvalue weighted by molar-refractivity contribution is 7.89. The molecule has 0 radical (unpaired) electrons. The number of carbonyl (C=O) groups excluding carboxylic acids is 1. The van der Waals surface area contributed by atoms with E-state index in [4.69, 9.17) is 0 Å². The number of carbonyl (C=O) groups is 1. The molecule has 0 aromatic heterocycles. The minimum Gasteiger partial charge on any atom is -0.347 e. The number of hydrogen-bond donors (Lipinski definition) is 1. The summed E-state index contributed by atoms with van der Waals surface area (Å²) < 4.78 is 27.3. The van der Waals surface area contributed by atoms with Crippen LogP contribution in [-0.4, -0.2) is 37.3 Å². The topological polar surface area (TPSA) is 66.5 Å². The Kier molecular flexibility index (Phi) is 6.63. The zero-order valence-corrected chi connectivity index (χ0v) is 16.4. The van der Waals surface area contributed by atoms with Crippen LogP contribution in [0.1, 0.15) is 69.7 Å². The molecule has 1 fully saturated rings. The second-order valence-electron chi connectivity index (χ2n) is 7.43. The quantitative estimate of drug-likeness (QED) is 0.837. The fraction of sp³-hybridized carbons (Fsp3) is 0.632. The Morgan fingerprint density at radius 1 is 1.16 bits per heavy atom. The van der Waals surface area contributed by atoms with Gasteiger partial charge < -0.3 is 5.32 Å². The summed E-state index contributed by atoms with van der Waals surface area (Å²) in [6.45, 7) is 7.14. The fourth-order valence-corrected chi connectivity index (χ4v) is 4.86. The van der Waals surface area contributed by atoms with Crippen molar-refractivity contribution in [3.63, 3.8) is 0 Å². The van der Waals surface area contributed by atoms with Crippen LogP contribution in [0.2, 0.25) is 0 Å². The van der Waals surface area contributed by atoms with Crippen molar-refractivity contribution < 1.29 is 13.2 Å². The SMILES string of the molecule is CCCC(C)(C)NC(=O)c1cccc(S(=O)(=O)N2CCCCCC2)c1. The van der Waals surface area contributed by atoms with E-state index in [1.165, 1.54) is 6.07 Å². The Morgan fingerprint density at radius 2 is 1.80 bits per heavy atom. The van der Waals surface area contributed by atoms with Gasteiger partial charge in [0.15, 0.2) is 0 Å². The third kappa shape index (κ3) is 5.28. The van der Waals surface area contributed by atoms with Crippen LogP contribution in [0.25, 0.3) is 0 Å². The van der Waals surface area contributed by atoms with Crippen LogP contribution in [0.4, 0.5) is 0 Å². The van der Waals surface area contributed by atoms with Gasteiger partial charge in [-0.25, -0.2) is 8.42 Å². The second kappa shape index (κ2) is 8.32. The molecule has 0 bridgehead atoms. The van der Waals surface area contributed by atoms with E-state index in [0.29, 0.717) is 18.7 Å². The standard InChI is InChI=1S/C19H30N2O3S/c1-4-12-19(2,3)20-18(22)16-10-9-11-17(15-16)25(23,24)21-13-7-5-6-8-14-21/h9-11,15H,4-8,12-14H2,1-3H3,(H,20,22). The van der Waals surface area contributed by atoms with E-state index in [-0.39, 0.29) is 16.3 Å². The van der Waals surface area contributed by atoms with Crippen molar-refractivity contribution in [2.45, 2.75) is 69.7 Å². The number of sulfonamides is 1. The van der Waals surface area contributed by atoms with Gasteiger partial charge in [0.1, 0.15) is 0 Å². The first kappa shape index (κ1) is 19.9. The third-order valence-electron chi connectivity index (χ3n) is 4.63. The summed E-state index contributed by atoms with van der Waals surface area (Å²) in [4.78, 5) is 12.7.